The van der Waals surface area contributed by atoms with Crippen LogP contribution in [-0.4, -0.2) is 44.9 Å². The molecule has 32 heavy (non-hydrogen) atoms. The molecule has 0 bridgehead atoms. The van der Waals surface area contributed by atoms with Crippen LogP contribution in [0.5, 0.6) is 11.5 Å². The minimum atomic E-state index is -0.173. The number of ketones is 1. The fourth-order valence-corrected chi connectivity index (χ4v) is 4.43. The quantitative estimate of drug-likeness (QED) is 0.517. The molecule has 0 spiro atoms. The normalized spacial score (nSPS) is 15.7. The van der Waals surface area contributed by atoms with E-state index in [0.717, 1.165) is 16.7 Å². The topological polar surface area (TPSA) is 98.8 Å². The van der Waals surface area contributed by atoms with Gasteiger partial charge in [0.25, 0.3) is 0 Å². The maximum atomic E-state index is 12.9. The fourth-order valence-electron chi connectivity index (χ4n) is 4.43. The van der Waals surface area contributed by atoms with Gasteiger partial charge in [0, 0.05) is 25.0 Å². The van der Waals surface area contributed by atoms with E-state index in [1.807, 2.05) is 36.4 Å². The summed E-state index contributed by atoms with van der Waals surface area (Å²) in [6.07, 6.45) is 0.764. The molecule has 1 N–H and O–H groups in total. The lowest BCUT2D eigenvalue weighted by Crippen LogP contribution is -2.24. The first-order chi connectivity index (χ1) is 15.6. The van der Waals surface area contributed by atoms with Crippen LogP contribution < -0.4 is 4.74 Å². The summed E-state index contributed by atoms with van der Waals surface area (Å²) < 4.78 is 12.7. The zero-order chi connectivity index (χ0) is 22.2. The second-order valence-electron chi connectivity index (χ2n) is 7.77. The number of aromatic hydroxyl groups is 1. The Morgan fingerprint density at radius 3 is 2.62 bits per heavy atom. The van der Waals surface area contributed by atoms with Crippen molar-refractivity contribution >= 4 is 11.4 Å². The van der Waals surface area contributed by atoms with E-state index in [1.54, 1.807) is 30.9 Å². The van der Waals surface area contributed by atoms with Gasteiger partial charge in [-0.25, -0.2) is 4.52 Å². The van der Waals surface area contributed by atoms with Crippen molar-refractivity contribution in [1.29, 1.82) is 0 Å². The molecule has 0 radical (unpaired) electrons. The lowest BCUT2D eigenvalue weighted by Gasteiger charge is -2.23. The molecule has 8 nitrogen and oxygen atoms in total. The summed E-state index contributed by atoms with van der Waals surface area (Å²) in [6, 6.07) is 14.7. The number of phenolic OH excluding ortho intramolecular Hbond substituents is 1. The Balaban J connectivity index is 1.72. The Morgan fingerprint density at radius 2 is 1.84 bits per heavy atom. The van der Waals surface area contributed by atoms with Gasteiger partial charge in [0.05, 0.1) is 30.7 Å². The molecule has 2 aromatic heterocycles. The summed E-state index contributed by atoms with van der Waals surface area (Å²) >= 11 is 0. The van der Waals surface area contributed by atoms with Crippen molar-refractivity contribution in [3.05, 3.63) is 71.2 Å². The minimum Gasteiger partial charge on any atom is -0.508 e. The van der Waals surface area contributed by atoms with E-state index in [0.29, 0.717) is 34.9 Å². The van der Waals surface area contributed by atoms with Gasteiger partial charge in [-0.1, -0.05) is 36.4 Å². The van der Waals surface area contributed by atoms with Crippen LogP contribution >= 0.6 is 0 Å². The molecule has 162 valence electrons. The van der Waals surface area contributed by atoms with Crippen molar-refractivity contribution in [2.24, 2.45) is 0 Å². The van der Waals surface area contributed by atoms with E-state index in [2.05, 4.69) is 10.2 Å². The van der Waals surface area contributed by atoms with Crippen LogP contribution in [0.2, 0.25) is 0 Å². The smallest absolute Gasteiger partial charge is 0.186 e. The number of hydrogen-bond donors (Lipinski definition) is 1. The number of fused-ring (bicyclic) bond motifs is 3. The van der Waals surface area contributed by atoms with Gasteiger partial charge in [0.1, 0.15) is 11.5 Å². The second-order valence-corrected chi connectivity index (χ2v) is 7.77. The Morgan fingerprint density at radius 1 is 1.06 bits per heavy atom. The number of hydrogen-bond acceptors (Lipinski definition) is 7. The van der Waals surface area contributed by atoms with Crippen LogP contribution in [0.3, 0.4) is 0 Å². The maximum absolute atomic E-state index is 12.9. The zero-order valence-electron chi connectivity index (χ0n) is 17.8. The van der Waals surface area contributed by atoms with Gasteiger partial charge in [-0.05, 0) is 24.1 Å². The summed E-state index contributed by atoms with van der Waals surface area (Å²) in [5.41, 5.74) is 4.54. The highest BCUT2D eigenvalue weighted by Gasteiger charge is 2.33. The predicted molar refractivity (Wildman–Crippen MR) is 117 cm³/mol. The van der Waals surface area contributed by atoms with Crippen molar-refractivity contribution in [3.8, 4) is 22.6 Å². The van der Waals surface area contributed by atoms with Crippen molar-refractivity contribution in [3.63, 3.8) is 0 Å². The number of phenols is 1. The van der Waals surface area contributed by atoms with Gasteiger partial charge in [-0.3, -0.25) is 4.79 Å². The average Bonchev–Trinajstić information content (AvgIpc) is 3.18. The van der Waals surface area contributed by atoms with Gasteiger partial charge in [0.15, 0.2) is 17.1 Å². The predicted octanol–water partition coefficient (Wildman–Crippen LogP) is 3.56. The number of nitrogens with zero attached hydrogens (tertiary/aromatic N) is 4. The summed E-state index contributed by atoms with van der Waals surface area (Å²) in [4.78, 5) is 12.9. The van der Waals surface area contributed by atoms with Gasteiger partial charge < -0.3 is 14.6 Å². The molecule has 1 aliphatic carbocycles. The summed E-state index contributed by atoms with van der Waals surface area (Å²) in [5.74, 6) is 0.578. The maximum Gasteiger partial charge on any atom is 0.186 e. The molecule has 4 aromatic rings. The average molecular weight is 430 g/mol. The number of ether oxygens (including phenoxy) is 2. The highest BCUT2D eigenvalue weighted by atomic mass is 16.5. The molecule has 1 aliphatic rings. The van der Waals surface area contributed by atoms with Gasteiger partial charge >= 0.3 is 0 Å². The summed E-state index contributed by atoms with van der Waals surface area (Å²) in [5, 5.41) is 23.8. The highest BCUT2D eigenvalue weighted by molar-refractivity contribution is 5.97. The fraction of sp³-hybridized carbons (Fsp3) is 0.250. The summed E-state index contributed by atoms with van der Waals surface area (Å²) in [7, 11) is 3.22. The third-order valence-corrected chi connectivity index (χ3v) is 5.88. The van der Waals surface area contributed by atoms with Crippen LogP contribution in [0.15, 0.2) is 48.5 Å². The number of carbonyl (C=O) groups is 1. The summed E-state index contributed by atoms with van der Waals surface area (Å²) in [6.45, 7) is 0.266. The van der Waals surface area contributed by atoms with Crippen LogP contribution in [-0.2, 0) is 17.8 Å². The number of Topliss-reactive ketones (excluding diaryl/α,β-unsaturated/α-hetero) is 1. The second kappa shape index (κ2) is 8.05. The molecule has 0 aliphatic heterocycles. The lowest BCUT2D eigenvalue weighted by atomic mass is 9.83. The number of benzene rings is 2. The number of methoxy groups -OCH3 is 2. The van der Waals surface area contributed by atoms with E-state index in [4.69, 9.17) is 14.6 Å². The molecule has 0 saturated carbocycles. The lowest BCUT2D eigenvalue weighted by molar-refractivity contribution is 0.0955. The molecular formula is C24H22N4O4. The molecule has 5 rings (SSSR count). The number of carbonyl (C=O) groups excluding carboxylic acids is 1. The number of rotatable bonds is 5. The Labute approximate surface area is 184 Å². The van der Waals surface area contributed by atoms with Gasteiger partial charge in [-0.2, -0.15) is 5.10 Å². The van der Waals surface area contributed by atoms with Crippen LogP contribution in [0.1, 0.15) is 39.8 Å². The van der Waals surface area contributed by atoms with E-state index in [9.17, 15) is 9.90 Å². The van der Waals surface area contributed by atoms with E-state index in [1.165, 1.54) is 0 Å². The molecular weight excluding hydrogens is 408 g/mol. The molecule has 1 unspecified atom stereocenters. The van der Waals surface area contributed by atoms with Gasteiger partial charge in [0.2, 0.25) is 0 Å². The van der Waals surface area contributed by atoms with E-state index < -0.39 is 0 Å². The zero-order valence-corrected chi connectivity index (χ0v) is 17.8. The minimum absolute atomic E-state index is 0.114. The molecule has 0 fully saturated rings. The van der Waals surface area contributed by atoms with Crippen LogP contribution in [0, 0.1) is 0 Å². The van der Waals surface area contributed by atoms with Crippen LogP contribution in [0.25, 0.3) is 16.8 Å². The van der Waals surface area contributed by atoms with Crippen molar-refractivity contribution < 1.29 is 19.4 Å². The molecule has 0 saturated heterocycles. The SMILES string of the molecule is COCc1nn2c3c(nnc2c1-c1ccccc1OC)C(=O)CC(c1ccccc1O)C3. The Kier molecular flexibility index (Phi) is 5.07. The molecule has 0 amide bonds. The first-order valence-corrected chi connectivity index (χ1v) is 10.3. The van der Waals surface area contributed by atoms with Crippen molar-refractivity contribution in [2.45, 2.75) is 25.4 Å². The number of aromatic nitrogens is 4. The number of para-hydroxylation sites is 2. The van der Waals surface area contributed by atoms with E-state index >= 15 is 0 Å². The molecule has 1 atom stereocenters. The molecule has 8 heteroatoms. The monoisotopic (exact) mass is 430 g/mol. The van der Waals surface area contributed by atoms with Crippen LogP contribution in [0.4, 0.5) is 0 Å². The Bertz CT molecular complexity index is 1330. The first kappa shape index (κ1) is 20.1. The standard InChI is InChI=1S/C24H22N4O4/c1-31-13-17-22(16-8-4-6-10-21(16)32-2)24-26-25-23-18(28(24)27-17)11-14(12-20(23)30)15-7-3-5-9-19(15)29/h3-10,14,29H,11-13H2,1-2H3. The third-order valence-electron chi connectivity index (χ3n) is 5.88. The van der Waals surface area contributed by atoms with Crippen molar-refractivity contribution in [1.82, 2.24) is 19.8 Å². The third kappa shape index (κ3) is 3.20. The van der Waals surface area contributed by atoms with Crippen molar-refractivity contribution in [2.75, 3.05) is 14.2 Å². The van der Waals surface area contributed by atoms with Gasteiger partial charge in [-0.15, -0.1) is 10.2 Å². The largest absolute Gasteiger partial charge is 0.508 e. The Hall–Kier alpha value is -3.78. The molecule has 2 heterocycles. The molecule has 2 aromatic carbocycles. The highest BCUT2D eigenvalue weighted by Crippen LogP contribution is 2.39. The first-order valence-electron chi connectivity index (χ1n) is 10.3. The van der Waals surface area contributed by atoms with E-state index in [-0.39, 0.29) is 30.5 Å².